The van der Waals surface area contributed by atoms with Crippen LogP contribution in [0, 0.1) is 11.7 Å². The standard InChI is InChI=1S/C15H19BrFNO2/c1-10(11-6-7-11)18(8-9-20-2)15(19)12-4-3-5-13(17)14(12)16/h3-5,10-11H,6-9H2,1-2H3. The molecule has 1 amide bonds. The Labute approximate surface area is 127 Å². The normalized spacial score (nSPS) is 16.0. The van der Waals surface area contributed by atoms with Gasteiger partial charge < -0.3 is 9.64 Å². The predicted molar refractivity (Wildman–Crippen MR) is 79.2 cm³/mol. The third kappa shape index (κ3) is 3.38. The molecule has 2 rings (SSSR count). The fourth-order valence-electron chi connectivity index (χ4n) is 2.34. The van der Waals surface area contributed by atoms with E-state index < -0.39 is 5.82 Å². The van der Waals surface area contributed by atoms with Gasteiger partial charge in [0.05, 0.1) is 16.6 Å². The Morgan fingerprint density at radius 3 is 2.85 bits per heavy atom. The lowest BCUT2D eigenvalue weighted by Gasteiger charge is -2.29. The van der Waals surface area contributed by atoms with Crippen LogP contribution in [0.4, 0.5) is 4.39 Å². The van der Waals surface area contributed by atoms with E-state index in [0.29, 0.717) is 24.6 Å². The van der Waals surface area contributed by atoms with Gasteiger partial charge in [-0.25, -0.2) is 4.39 Å². The molecular weight excluding hydrogens is 325 g/mol. The van der Waals surface area contributed by atoms with E-state index in [0.717, 1.165) is 12.8 Å². The van der Waals surface area contributed by atoms with Gasteiger partial charge in [0.1, 0.15) is 5.82 Å². The Morgan fingerprint density at radius 1 is 1.55 bits per heavy atom. The molecule has 0 heterocycles. The van der Waals surface area contributed by atoms with E-state index in [1.165, 1.54) is 6.07 Å². The van der Waals surface area contributed by atoms with Crippen molar-refractivity contribution in [2.45, 2.75) is 25.8 Å². The van der Waals surface area contributed by atoms with Crippen LogP contribution in [-0.4, -0.2) is 37.1 Å². The van der Waals surface area contributed by atoms with Gasteiger partial charge in [0.25, 0.3) is 5.91 Å². The molecule has 1 atom stereocenters. The molecule has 3 nitrogen and oxygen atoms in total. The highest BCUT2D eigenvalue weighted by Gasteiger charge is 2.35. The first-order chi connectivity index (χ1) is 9.56. The van der Waals surface area contributed by atoms with Crippen molar-refractivity contribution < 1.29 is 13.9 Å². The number of halogens is 2. The van der Waals surface area contributed by atoms with Crippen LogP contribution in [0.25, 0.3) is 0 Å². The molecular formula is C15H19BrFNO2. The number of methoxy groups -OCH3 is 1. The van der Waals surface area contributed by atoms with Gasteiger partial charge in [0.2, 0.25) is 0 Å². The van der Waals surface area contributed by atoms with Crippen LogP contribution in [0.2, 0.25) is 0 Å². The van der Waals surface area contributed by atoms with Gasteiger partial charge >= 0.3 is 0 Å². The zero-order valence-electron chi connectivity index (χ0n) is 11.7. The molecule has 1 aromatic carbocycles. The molecule has 1 aliphatic rings. The lowest BCUT2D eigenvalue weighted by atomic mass is 10.1. The van der Waals surface area contributed by atoms with Crippen molar-refractivity contribution in [3.05, 3.63) is 34.1 Å². The molecule has 0 spiro atoms. The van der Waals surface area contributed by atoms with Crippen molar-refractivity contribution in [2.75, 3.05) is 20.3 Å². The molecule has 0 saturated heterocycles. The number of hydrogen-bond donors (Lipinski definition) is 0. The number of carbonyl (C=O) groups is 1. The van der Waals surface area contributed by atoms with Crippen LogP contribution in [0.1, 0.15) is 30.1 Å². The Balaban J connectivity index is 2.22. The summed E-state index contributed by atoms with van der Waals surface area (Å²) in [6, 6.07) is 4.70. The average molecular weight is 344 g/mol. The first-order valence-corrected chi connectivity index (χ1v) is 7.59. The number of nitrogens with zero attached hydrogens (tertiary/aromatic N) is 1. The summed E-state index contributed by atoms with van der Waals surface area (Å²) in [7, 11) is 1.61. The summed E-state index contributed by atoms with van der Waals surface area (Å²) in [6.45, 7) is 3.06. The SMILES string of the molecule is COCCN(C(=O)c1cccc(F)c1Br)C(C)C1CC1. The third-order valence-electron chi connectivity index (χ3n) is 3.78. The fourth-order valence-corrected chi connectivity index (χ4v) is 2.77. The molecule has 20 heavy (non-hydrogen) atoms. The second-order valence-corrected chi connectivity index (χ2v) is 5.96. The highest BCUT2D eigenvalue weighted by atomic mass is 79.9. The number of rotatable bonds is 6. The maximum Gasteiger partial charge on any atom is 0.255 e. The summed E-state index contributed by atoms with van der Waals surface area (Å²) in [5.41, 5.74) is 0.369. The average Bonchev–Trinajstić information content (AvgIpc) is 3.26. The first kappa shape index (κ1) is 15.4. The summed E-state index contributed by atoms with van der Waals surface area (Å²) in [4.78, 5) is 14.5. The zero-order chi connectivity index (χ0) is 14.7. The number of carbonyl (C=O) groups excluding carboxylic acids is 1. The summed E-state index contributed by atoms with van der Waals surface area (Å²) in [5, 5.41) is 0. The second-order valence-electron chi connectivity index (χ2n) is 5.17. The maximum absolute atomic E-state index is 13.6. The second kappa shape index (κ2) is 6.68. The van der Waals surface area contributed by atoms with Crippen LogP contribution in [0.5, 0.6) is 0 Å². The topological polar surface area (TPSA) is 29.5 Å². The largest absolute Gasteiger partial charge is 0.383 e. The lowest BCUT2D eigenvalue weighted by Crippen LogP contribution is -2.42. The smallest absolute Gasteiger partial charge is 0.255 e. The molecule has 1 aromatic rings. The number of amides is 1. The van der Waals surface area contributed by atoms with Crippen molar-refractivity contribution in [3.8, 4) is 0 Å². The van der Waals surface area contributed by atoms with E-state index >= 15 is 0 Å². The maximum atomic E-state index is 13.6. The Morgan fingerprint density at radius 2 is 2.25 bits per heavy atom. The summed E-state index contributed by atoms with van der Waals surface area (Å²) in [6.07, 6.45) is 2.31. The van der Waals surface area contributed by atoms with Crippen molar-refractivity contribution in [1.29, 1.82) is 0 Å². The van der Waals surface area contributed by atoms with Crippen LogP contribution >= 0.6 is 15.9 Å². The quantitative estimate of drug-likeness (QED) is 0.791. The molecule has 5 heteroatoms. The molecule has 0 aliphatic heterocycles. The fraction of sp³-hybridized carbons (Fsp3) is 0.533. The molecule has 1 saturated carbocycles. The Bertz CT molecular complexity index is 491. The zero-order valence-corrected chi connectivity index (χ0v) is 13.3. The monoisotopic (exact) mass is 343 g/mol. The minimum Gasteiger partial charge on any atom is -0.383 e. The van der Waals surface area contributed by atoms with Gasteiger partial charge in [-0.05, 0) is 53.7 Å². The van der Waals surface area contributed by atoms with Crippen LogP contribution < -0.4 is 0 Å². The van der Waals surface area contributed by atoms with Gasteiger partial charge in [-0.3, -0.25) is 4.79 Å². The van der Waals surface area contributed by atoms with Crippen LogP contribution in [-0.2, 0) is 4.74 Å². The minimum atomic E-state index is -0.415. The molecule has 0 N–H and O–H groups in total. The molecule has 110 valence electrons. The van der Waals surface area contributed by atoms with Gasteiger partial charge in [-0.15, -0.1) is 0 Å². The molecule has 0 bridgehead atoms. The van der Waals surface area contributed by atoms with E-state index in [9.17, 15) is 9.18 Å². The summed E-state index contributed by atoms with van der Waals surface area (Å²) < 4.78 is 18.9. The Kier molecular flexibility index (Phi) is 5.16. The highest BCUT2D eigenvalue weighted by molar-refractivity contribution is 9.10. The van der Waals surface area contributed by atoms with E-state index in [2.05, 4.69) is 22.9 Å². The Hall–Kier alpha value is -0.940. The minimum absolute atomic E-state index is 0.146. The van der Waals surface area contributed by atoms with Gasteiger partial charge in [-0.2, -0.15) is 0 Å². The first-order valence-electron chi connectivity index (χ1n) is 6.80. The van der Waals surface area contributed by atoms with E-state index in [-0.39, 0.29) is 16.4 Å². The summed E-state index contributed by atoms with van der Waals surface area (Å²) in [5.74, 6) is -0.00224. The third-order valence-corrected chi connectivity index (χ3v) is 4.58. The van der Waals surface area contributed by atoms with Gasteiger partial charge in [0, 0.05) is 19.7 Å². The highest BCUT2D eigenvalue weighted by Crippen LogP contribution is 2.36. The molecule has 1 fully saturated rings. The van der Waals surface area contributed by atoms with Crippen LogP contribution in [0.3, 0.4) is 0 Å². The molecule has 1 unspecified atom stereocenters. The van der Waals surface area contributed by atoms with E-state index in [1.807, 2.05) is 0 Å². The van der Waals surface area contributed by atoms with E-state index in [4.69, 9.17) is 4.74 Å². The number of ether oxygens (including phenoxy) is 1. The predicted octanol–water partition coefficient (Wildman–Crippen LogP) is 3.48. The van der Waals surface area contributed by atoms with Crippen LogP contribution in [0.15, 0.2) is 22.7 Å². The molecule has 1 aliphatic carbocycles. The van der Waals surface area contributed by atoms with Gasteiger partial charge in [-0.1, -0.05) is 6.07 Å². The molecule has 0 radical (unpaired) electrons. The lowest BCUT2D eigenvalue weighted by molar-refractivity contribution is 0.0593. The van der Waals surface area contributed by atoms with Crippen molar-refractivity contribution in [3.63, 3.8) is 0 Å². The molecule has 0 aromatic heterocycles. The van der Waals surface area contributed by atoms with Crippen molar-refractivity contribution >= 4 is 21.8 Å². The van der Waals surface area contributed by atoms with Gasteiger partial charge in [0.15, 0.2) is 0 Å². The van der Waals surface area contributed by atoms with Crippen molar-refractivity contribution in [1.82, 2.24) is 4.90 Å². The number of benzene rings is 1. The number of hydrogen-bond acceptors (Lipinski definition) is 2. The summed E-state index contributed by atoms with van der Waals surface area (Å²) >= 11 is 3.17. The van der Waals surface area contributed by atoms with E-state index in [1.54, 1.807) is 24.1 Å². The van der Waals surface area contributed by atoms with Crippen molar-refractivity contribution in [2.24, 2.45) is 5.92 Å².